The van der Waals surface area contributed by atoms with E-state index in [2.05, 4.69) is 28.2 Å². The fourth-order valence-corrected chi connectivity index (χ4v) is 1.89. The van der Waals surface area contributed by atoms with Gasteiger partial charge in [-0.05, 0) is 12.6 Å². The standard InChI is InChI=1S/C12H19N3O/c1-2-13-10-11-4-3-5-14-12(11)15-6-8-16-9-7-15/h3-5,13H,2,6-10H2,1H3. The van der Waals surface area contributed by atoms with Crippen LogP contribution in [0.2, 0.25) is 0 Å². The van der Waals surface area contributed by atoms with Crippen molar-refractivity contribution < 1.29 is 4.74 Å². The Morgan fingerprint density at radius 1 is 1.44 bits per heavy atom. The lowest BCUT2D eigenvalue weighted by molar-refractivity contribution is 0.122. The summed E-state index contributed by atoms with van der Waals surface area (Å²) in [4.78, 5) is 6.79. The van der Waals surface area contributed by atoms with Gasteiger partial charge in [0.25, 0.3) is 0 Å². The highest BCUT2D eigenvalue weighted by Gasteiger charge is 2.15. The van der Waals surface area contributed by atoms with Crippen LogP contribution in [0.1, 0.15) is 12.5 Å². The average molecular weight is 221 g/mol. The minimum atomic E-state index is 0.803. The zero-order valence-electron chi connectivity index (χ0n) is 9.78. The lowest BCUT2D eigenvalue weighted by atomic mass is 10.2. The van der Waals surface area contributed by atoms with Crippen LogP contribution in [-0.2, 0) is 11.3 Å². The number of anilines is 1. The molecular weight excluding hydrogens is 202 g/mol. The molecule has 2 heterocycles. The number of nitrogens with zero attached hydrogens (tertiary/aromatic N) is 2. The van der Waals surface area contributed by atoms with Gasteiger partial charge in [-0.15, -0.1) is 0 Å². The number of ether oxygens (including phenoxy) is 1. The molecule has 1 fully saturated rings. The highest BCUT2D eigenvalue weighted by molar-refractivity contribution is 5.46. The normalized spacial score (nSPS) is 16.4. The van der Waals surface area contributed by atoms with Crippen molar-refractivity contribution in [2.45, 2.75) is 13.5 Å². The number of morpholine rings is 1. The van der Waals surface area contributed by atoms with Crippen LogP contribution in [0.25, 0.3) is 0 Å². The fourth-order valence-electron chi connectivity index (χ4n) is 1.89. The Bertz CT molecular complexity index is 324. The molecule has 88 valence electrons. The second-order valence-corrected chi connectivity index (χ2v) is 3.87. The summed E-state index contributed by atoms with van der Waals surface area (Å²) in [5.74, 6) is 1.10. The number of aromatic nitrogens is 1. The summed E-state index contributed by atoms with van der Waals surface area (Å²) in [5, 5.41) is 3.35. The summed E-state index contributed by atoms with van der Waals surface area (Å²) >= 11 is 0. The predicted molar refractivity (Wildman–Crippen MR) is 64.6 cm³/mol. The number of pyridine rings is 1. The average Bonchev–Trinajstić information content (AvgIpc) is 2.38. The van der Waals surface area contributed by atoms with Gasteiger partial charge >= 0.3 is 0 Å². The summed E-state index contributed by atoms with van der Waals surface area (Å²) in [5.41, 5.74) is 1.27. The Kier molecular flexibility index (Phi) is 4.13. The van der Waals surface area contributed by atoms with Crippen LogP contribution in [0.5, 0.6) is 0 Å². The first-order valence-electron chi connectivity index (χ1n) is 5.89. The Labute approximate surface area is 96.6 Å². The van der Waals surface area contributed by atoms with Gasteiger partial charge in [-0.3, -0.25) is 0 Å². The summed E-state index contributed by atoms with van der Waals surface area (Å²) in [7, 11) is 0. The highest BCUT2D eigenvalue weighted by Crippen LogP contribution is 2.17. The molecule has 2 rings (SSSR count). The molecule has 16 heavy (non-hydrogen) atoms. The first kappa shape index (κ1) is 11.4. The van der Waals surface area contributed by atoms with Crippen molar-refractivity contribution in [2.75, 3.05) is 37.7 Å². The van der Waals surface area contributed by atoms with E-state index >= 15 is 0 Å². The van der Waals surface area contributed by atoms with Gasteiger partial charge in [-0.25, -0.2) is 4.98 Å². The van der Waals surface area contributed by atoms with Gasteiger partial charge in [0, 0.05) is 31.4 Å². The second kappa shape index (κ2) is 5.82. The van der Waals surface area contributed by atoms with Crippen molar-refractivity contribution >= 4 is 5.82 Å². The fraction of sp³-hybridized carbons (Fsp3) is 0.583. The predicted octanol–water partition coefficient (Wildman–Crippen LogP) is 1.03. The molecule has 0 aromatic carbocycles. The largest absolute Gasteiger partial charge is 0.378 e. The minimum Gasteiger partial charge on any atom is -0.378 e. The molecule has 4 heteroatoms. The summed E-state index contributed by atoms with van der Waals surface area (Å²) in [6, 6.07) is 4.14. The van der Waals surface area contributed by atoms with E-state index < -0.39 is 0 Å². The number of hydrogen-bond donors (Lipinski definition) is 1. The van der Waals surface area contributed by atoms with Crippen molar-refractivity contribution in [1.82, 2.24) is 10.3 Å². The van der Waals surface area contributed by atoms with Crippen molar-refractivity contribution in [3.05, 3.63) is 23.9 Å². The molecule has 0 saturated carbocycles. The molecule has 1 aliphatic rings. The van der Waals surface area contributed by atoms with Crippen molar-refractivity contribution in [3.8, 4) is 0 Å². The maximum absolute atomic E-state index is 5.36. The maximum atomic E-state index is 5.36. The molecule has 1 N–H and O–H groups in total. The third-order valence-electron chi connectivity index (χ3n) is 2.74. The molecule has 1 aromatic heterocycles. The Balaban J connectivity index is 2.11. The van der Waals surface area contributed by atoms with E-state index in [0.29, 0.717) is 0 Å². The summed E-state index contributed by atoms with van der Waals surface area (Å²) in [6.45, 7) is 7.47. The van der Waals surface area contributed by atoms with Gasteiger partial charge in [0.15, 0.2) is 0 Å². The van der Waals surface area contributed by atoms with Gasteiger partial charge in [0.1, 0.15) is 5.82 Å². The van der Waals surface area contributed by atoms with Crippen molar-refractivity contribution in [3.63, 3.8) is 0 Å². The maximum Gasteiger partial charge on any atom is 0.133 e. The Morgan fingerprint density at radius 2 is 2.25 bits per heavy atom. The molecule has 1 aromatic rings. The first-order valence-corrected chi connectivity index (χ1v) is 5.89. The number of hydrogen-bond acceptors (Lipinski definition) is 4. The zero-order chi connectivity index (χ0) is 11.2. The molecule has 0 spiro atoms. The molecule has 0 amide bonds. The van der Waals surface area contributed by atoms with Crippen LogP contribution in [0.4, 0.5) is 5.82 Å². The lowest BCUT2D eigenvalue weighted by Crippen LogP contribution is -2.37. The molecule has 4 nitrogen and oxygen atoms in total. The van der Waals surface area contributed by atoms with Crippen molar-refractivity contribution in [1.29, 1.82) is 0 Å². The third-order valence-corrected chi connectivity index (χ3v) is 2.74. The third kappa shape index (κ3) is 2.71. The lowest BCUT2D eigenvalue weighted by Gasteiger charge is -2.29. The molecule has 0 atom stereocenters. The summed E-state index contributed by atoms with van der Waals surface area (Å²) in [6.07, 6.45) is 1.86. The molecule has 1 saturated heterocycles. The van der Waals surface area contributed by atoms with Gasteiger partial charge in [0.2, 0.25) is 0 Å². The summed E-state index contributed by atoms with van der Waals surface area (Å²) < 4.78 is 5.36. The van der Waals surface area contributed by atoms with Crippen LogP contribution >= 0.6 is 0 Å². The minimum absolute atomic E-state index is 0.803. The van der Waals surface area contributed by atoms with Crippen LogP contribution in [0.15, 0.2) is 18.3 Å². The van der Waals surface area contributed by atoms with Crippen molar-refractivity contribution in [2.24, 2.45) is 0 Å². The van der Waals surface area contributed by atoms with Gasteiger partial charge in [0.05, 0.1) is 13.2 Å². The van der Waals surface area contributed by atoms with Gasteiger partial charge in [-0.2, -0.15) is 0 Å². The molecule has 0 bridgehead atoms. The first-order chi connectivity index (χ1) is 7.92. The van der Waals surface area contributed by atoms with Crippen LogP contribution < -0.4 is 10.2 Å². The van der Waals surface area contributed by atoms with E-state index in [1.54, 1.807) is 0 Å². The smallest absolute Gasteiger partial charge is 0.133 e. The molecule has 0 aliphatic carbocycles. The van der Waals surface area contributed by atoms with E-state index in [-0.39, 0.29) is 0 Å². The highest BCUT2D eigenvalue weighted by atomic mass is 16.5. The number of nitrogens with one attached hydrogen (secondary N) is 1. The molecular formula is C12H19N3O. The SMILES string of the molecule is CCNCc1cccnc1N1CCOCC1. The van der Waals surface area contributed by atoms with E-state index in [0.717, 1.165) is 45.2 Å². The Hall–Kier alpha value is -1.13. The quantitative estimate of drug-likeness (QED) is 0.824. The second-order valence-electron chi connectivity index (χ2n) is 3.87. The van der Waals surface area contributed by atoms with Crippen LogP contribution in [0.3, 0.4) is 0 Å². The molecule has 1 aliphatic heterocycles. The van der Waals surface area contributed by atoms with E-state index in [1.807, 2.05) is 12.3 Å². The van der Waals surface area contributed by atoms with E-state index in [4.69, 9.17) is 4.74 Å². The molecule has 0 radical (unpaired) electrons. The monoisotopic (exact) mass is 221 g/mol. The van der Waals surface area contributed by atoms with Crippen LogP contribution in [-0.4, -0.2) is 37.8 Å². The van der Waals surface area contributed by atoms with Gasteiger partial charge in [-0.1, -0.05) is 13.0 Å². The zero-order valence-corrected chi connectivity index (χ0v) is 9.78. The van der Waals surface area contributed by atoms with Gasteiger partial charge < -0.3 is 15.0 Å². The molecule has 0 unspecified atom stereocenters. The van der Waals surface area contributed by atoms with Crippen LogP contribution in [0, 0.1) is 0 Å². The van der Waals surface area contributed by atoms with E-state index in [9.17, 15) is 0 Å². The van der Waals surface area contributed by atoms with E-state index in [1.165, 1.54) is 5.56 Å². The Morgan fingerprint density at radius 3 is 3.00 bits per heavy atom. The number of rotatable bonds is 4. The topological polar surface area (TPSA) is 37.4 Å².